The predicted octanol–water partition coefficient (Wildman–Crippen LogP) is 2.27. The zero-order chi connectivity index (χ0) is 17.0. The van der Waals surface area contributed by atoms with E-state index in [0.717, 1.165) is 18.4 Å². The van der Waals surface area contributed by atoms with E-state index in [1.807, 2.05) is 29.2 Å². The van der Waals surface area contributed by atoms with E-state index in [9.17, 15) is 9.59 Å². The van der Waals surface area contributed by atoms with E-state index in [-0.39, 0.29) is 17.4 Å². The van der Waals surface area contributed by atoms with Crippen molar-refractivity contribution in [2.75, 3.05) is 19.7 Å². The Morgan fingerprint density at radius 3 is 2.62 bits per heavy atom. The van der Waals surface area contributed by atoms with Gasteiger partial charge < -0.3 is 15.0 Å². The van der Waals surface area contributed by atoms with Crippen LogP contribution in [0.1, 0.15) is 41.6 Å². The van der Waals surface area contributed by atoms with Crippen LogP contribution in [0.25, 0.3) is 0 Å². The summed E-state index contributed by atoms with van der Waals surface area (Å²) < 4.78 is 5.98. The van der Waals surface area contributed by atoms with Gasteiger partial charge in [0.2, 0.25) is 5.91 Å². The van der Waals surface area contributed by atoms with Gasteiger partial charge in [0, 0.05) is 18.7 Å². The molecule has 2 amide bonds. The molecular weight excluding hydrogens is 304 g/mol. The largest absolute Gasteiger partial charge is 0.371 e. The Kier molecular flexibility index (Phi) is 5.00. The average molecular weight is 328 g/mol. The Labute approximate surface area is 142 Å². The summed E-state index contributed by atoms with van der Waals surface area (Å²) in [5, 5.41) is 2.72. The van der Waals surface area contributed by atoms with Crippen LogP contribution in [-0.4, -0.2) is 42.0 Å². The molecule has 5 nitrogen and oxygen atoms in total. The molecule has 1 saturated heterocycles. The van der Waals surface area contributed by atoms with Crippen LogP contribution in [0.3, 0.4) is 0 Å². The second kappa shape index (κ2) is 7.18. The lowest BCUT2D eigenvalue weighted by Crippen LogP contribution is -2.52. The zero-order valence-corrected chi connectivity index (χ0v) is 13.9. The highest BCUT2D eigenvalue weighted by atomic mass is 16.5. The molecule has 2 fully saturated rings. The molecule has 3 rings (SSSR count). The fraction of sp³-hybridized carbons (Fsp3) is 0.474. The summed E-state index contributed by atoms with van der Waals surface area (Å²) in [6.07, 6.45) is 5.73. The number of hydrogen-bond donors (Lipinski definition) is 1. The van der Waals surface area contributed by atoms with Crippen molar-refractivity contribution in [3.8, 4) is 0 Å². The fourth-order valence-corrected chi connectivity index (χ4v) is 3.55. The van der Waals surface area contributed by atoms with Crippen molar-refractivity contribution in [3.05, 3.63) is 48.0 Å². The topological polar surface area (TPSA) is 58.6 Å². The maximum Gasteiger partial charge on any atom is 0.254 e. The summed E-state index contributed by atoms with van der Waals surface area (Å²) in [6.45, 7) is 5.82. The number of carbonyl (C=O) groups excluding carboxylic acids is 2. The van der Waals surface area contributed by atoms with E-state index in [0.29, 0.717) is 31.8 Å². The monoisotopic (exact) mass is 328 g/mol. The minimum Gasteiger partial charge on any atom is -0.371 e. The number of benzene rings is 1. The summed E-state index contributed by atoms with van der Waals surface area (Å²) in [6, 6.07) is 7.41. The van der Waals surface area contributed by atoms with E-state index in [1.165, 1.54) is 18.9 Å². The molecule has 0 atom stereocenters. The molecule has 0 unspecified atom stereocenters. The minimum absolute atomic E-state index is 0.0613. The summed E-state index contributed by atoms with van der Waals surface area (Å²) >= 11 is 0. The number of carbonyl (C=O) groups is 2. The van der Waals surface area contributed by atoms with Gasteiger partial charge in [0.1, 0.15) is 0 Å². The first-order valence-electron chi connectivity index (χ1n) is 8.54. The van der Waals surface area contributed by atoms with Crippen molar-refractivity contribution in [2.24, 2.45) is 0 Å². The van der Waals surface area contributed by atoms with E-state index >= 15 is 0 Å². The Morgan fingerprint density at radius 1 is 1.25 bits per heavy atom. The third-order valence-electron chi connectivity index (χ3n) is 4.90. The van der Waals surface area contributed by atoms with Gasteiger partial charge in [-0.15, -0.1) is 0 Å². The maximum atomic E-state index is 12.8. The molecular formula is C19H24N2O3. The number of nitrogens with zero attached hydrogens (tertiary/aromatic N) is 1. The highest BCUT2D eigenvalue weighted by Crippen LogP contribution is 2.36. The summed E-state index contributed by atoms with van der Waals surface area (Å²) in [4.78, 5) is 25.9. The number of hydrogen-bond acceptors (Lipinski definition) is 3. The minimum atomic E-state index is -0.203. The SMILES string of the molecule is C=CC(=O)NCc1ccc(C(=O)N2CCOC3(CCCC3)C2)cc1. The fourth-order valence-electron chi connectivity index (χ4n) is 3.55. The third-order valence-corrected chi connectivity index (χ3v) is 4.90. The molecule has 24 heavy (non-hydrogen) atoms. The molecule has 0 radical (unpaired) electrons. The zero-order valence-electron chi connectivity index (χ0n) is 13.9. The lowest BCUT2D eigenvalue weighted by molar-refractivity contribution is -0.116. The van der Waals surface area contributed by atoms with Gasteiger partial charge in [0.15, 0.2) is 0 Å². The van der Waals surface area contributed by atoms with Crippen LogP contribution in [0.2, 0.25) is 0 Å². The molecule has 1 N–H and O–H groups in total. The molecule has 1 heterocycles. The van der Waals surface area contributed by atoms with Gasteiger partial charge in [-0.05, 0) is 36.6 Å². The molecule has 1 aliphatic carbocycles. The Hall–Kier alpha value is -2.14. The van der Waals surface area contributed by atoms with Crippen LogP contribution in [0.4, 0.5) is 0 Å². The van der Waals surface area contributed by atoms with Crippen LogP contribution in [0, 0.1) is 0 Å². The van der Waals surface area contributed by atoms with Crippen molar-refractivity contribution < 1.29 is 14.3 Å². The lowest BCUT2D eigenvalue weighted by atomic mass is 9.99. The van der Waals surface area contributed by atoms with Crippen molar-refractivity contribution in [1.29, 1.82) is 0 Å². The standard InChI is InChI=1S/C19H24N2O3/c1-2-17(22)20-13-15-5-7-16(8-6-15)18(23)21-11-12-24-19(14-21)9-3-4-10-19/h2,5-8H,1,3-4,9-14H2,(H,20,22). The Balaban J connectivity index is 1.62. The summed E-state index contributed by atoms with van der Waals surface area (Å²) in [5.74, 6) is -0.142. The van der Waals surface area contributed by atoms with Gasteiger partial charge in [-0.3, -0.25) is 9.59 Å². The van der Waals surface area contributed by atoms with Crippen LogP contribution in [-0.2, 0) is 16.1 Å². The first-order valence-corrected chi connectivity index (χ1v) is 8.54. The number of nitrogens with one attached hydrogen (secondary N) is 1. The first-order chi connectivity index (χ1) is 11.6. The van der Waals surface area contributed by atoms with Gasteiger partial charge in [0.25, 0.3) is 5.91 Å². The van der Waals surface area contributed by atoms with Gasteiger partial charge in [-0.25, -0.2) is 0 Å². The molecule has 1 aromatic carbocycles. The van der Waals surface area contributed by atoms with Crippen molar-refractivity contribution in [1.82, 2.24) is 10.2 Å². The molecule has 0 aromatic heterocycles. The molecule has 5 heteroatoms. The van der Waals surface area contributed by atoms with E-state index < -0.39 is 0 Å². The molecule has 1 spiro atoms. The smallest absolute Gasteiger partial charge is 0.254 e. The third kappa shape index (κ3) is 3.67. The van der Waals surface area contributed by atoms with E-state index in [4.69, 9.17) is 4.74 Å². The van der Waals surface area contributed by atoms with Crippen molar-refractivity contribution in [3.63, 3.8) is 0 Å². The van der Waals surface area contributed by atoms with E-state index in [2.05, 4.69) is 11.9 Å². The lowest BCUT2D eigenvalue weighted by Gasteiger charge is -2.40. The molecule has 0 bridgehead atoms. The average Bonchev–Trinajstić information content (AvgIpc) is 3.07. The summed E-state index contributed by atoms with van der Waals surface area (Å²) in [7, 11) is 0. The van der Waals surface area contributed by atoms with Crippen LogP contribution in [0.5, 0.6) is 0 Å². The Morgan fingerprint density at radius 2 is 1.96 bits per heavy atom. The number of morpholine rings is 1. The molecule has 1 aromatic rings. The summed E-state index contributed by atoms with van der Waals surface area (Å²) in [5.41, 5.74) is 1.53. The van der Waals surface area contributed by atoms with Gasteiger partial charge in [0.05, 0.1) is 18.8 Å². The van der Waals surface area contributed by atoms with Crippen molar-refractivity contribution >= 4 is 11.8 Å². The van der Waals surface area contributed by atoms with Crippen molar-refractivity contribution in [2.45, 2.75) is 37.8 Å². The Bertz CT molecular complexity index is 618. The molecule has 128 valence electrons. The maximum absolute atomic E-state index is 12.8. The highest BCUT2D eigenvalue weighted by molar-refractivity contribution is 5.94. The second-order valence-electron chi connectivity index (χ2n) is 6.58. The molecule has 1 aliphatic heterocycles. The van der Waals surface area contributed by atoms with Gasteiger partial charge in [-0.1, -0.05) is 31.6 Å². The molecule has 2 aliphatic rings. The normalized spacial score (nSPS) is 19.2. The number of ether oxygens (including phenoxy) is 1. The van der Waals surface area contributed by atoms with Crippen LogP contribution < -0.4 is 5.32 Å². The highest BCUT2D eigenvalue weighted by Gasteiger charge is 2.40. The first kappa shape index (κ1) is 16.7. The quantitative estimate of drug-likeness (QED) is 0.863. The number of rotatable bonds is 4. The van der Waals surface area contributed by atoms with Crippen LogP contribution in [0.15, 0.2) is 36.9 Å². The second-order valence-corrected chi connectivity index (χ2v) is 6.58. The van der Waals surface area contributed by atoms with Gasteiger partial charge in [-0.2, -0.15) is 0 Å². The molecule has 1 saturated carbocycles. The predicted molar refractivity (Wildman–Crippen MR) is 91.5 cm³/mol. The van der Waals surface area contributed by atoms with Crippen LogP contribution >= 0.6 is 0 Å². The van der Waals surface area contributed by atoms with E-state index in [1.54, 1.807) is 0 Å². The number of amides is 2. The van der Waals surface area contributed by atoms with Gasteiger partial charge >= 0.3 is 0 Å².